The highest BCUT2D eigenvalue weighted by Gasteiger charge is 2.43. The molecule has 8 nitrogen and oxygen atoms in total. The second-order valence-corrected chi connectivity index (χ2v) is 8.53. The van der Waals surface area contributed by atoms with Crippen molar-refractivity contribution in [3.63, 3.8) is 0 Å². The van der Waals surface area contributed by atoms with Crippen LogP contribution in [0, 0.1) is 0 Å². The van der Waals surface area contributed by atoms with Crippen molar-refractivity contribution in [1.82, 2.24) is 9.79 Å². The second kappa shape index (κ2) is 6.67. The van der Waals surface area contributed by atoms with Gasteiger partial charge in [0.05, 0.1) is 11.0 Å². The van der Waals surface area contributed by atoms with Gasteiger partial charge in [-0.15, -0.1) is 0 Å². The van der Waals surface area contributed by atoms with Gasteiger partial charge in [-0.2, -0.15) is 4.31 Å². The number of carbonyl (C=O) groups is 1. The third-order valence-electron chi connectivity index (χ3n) is 3.50. The van der Waals surface area contributed by atoms with E-state index < -0.39 is 33.7 Å². The first kappa shape index (κ1) is 18.7. The van der Waals surface area contributed by atoms with E-state index in [9.17, 15) is 18.3 Å². The minimum absolute atomic E-state index is 0.0198. The number of benzene rings is 1. The van der Waals surface area contributed by atoms with Crippen molar-refractivity contribution >= 4 is 15.9 Å². The van der Waals surface area contributed by atoms with Gasteiger partial charge in [0, 0.05) is 13.0 Å². The van der Waals surface area contributed by atoms with Crippen molar-refractivity contribution in [2.75, 3.05) is 6.54 Å². The molecule has 1 unspecified atom stereocenters. The summed E-state index contributed by atoms with van der Waals surface area (Å²) in [7, 11) is -3.99. The van der Waals surface area contributed by atoms with Gasteiger partial charge in [-0.05, 0) is 45.0 Å². The number of ether oxygens (including phenoxy) is 1. The molecular weight excluding hydrogens is 336 g/mol. The van der Waals surface area contributed by atoms with Crippen molar-refractivity contribution < 1.29 is 28.3 Å². The average molecular weight is 358 g/mol. The lowest BCUT2D eigenvalue weighted by molar-refractivity contribution is -0.132. The van der Waals surface area contributed by atoms with Gasteiger partial charge in [0.1, 0.15) is 17.4 Å². The molecule has 1 fully saturated rings. The minimum Gasteiger partial charge on any atom is -0.488 e. The molecule has 1 saturated heterocycles. The highest BCUT2D eigenvalue weighted by molar-refractivity contribution is 7.89. The van der Waals surface area contributed by atoms with Crippen molar-refractivity contribution in [3.8, 4) is 5.75 Å². The summed E-state index contributed by atoms with van der Waals surface area (Å²) in [6, 6.07) is 4.68. The first-order valence-electron chi connectivity index (χ1n) is 7.47. The minimum atomic E-state index is -3.99. The lowest BCUT2D eigenvalue weighted by atomic mass is 10.2. The molecule has 0 bridgehead atoms. The summed E-state index contributed by atoms with van der Waals surface area (Å²) >= 11 is 0. The third-order valence-corrected chi connectivity index (χ3v) is 5.39. The van der Waals surface area contributed by atoms with E-state index in [1.54, 1.807) is 0 Å². The number of hydroxylamine groups is 1. The molecule has 1 aromatic rings. The number of aliphatic hydroxyl groups is 1. The summed E-state index contributed by atoms with van der Waals surface area (Å²) in [5, 5.41) is 18.5. The molecule has 2 atom stereocenters. The fourth-order valence-electron chi connectivity index (χ4n) is 2.53. The standard InChI is InChI=1S/C15H22N2O6S/c1-15(2,3)23-11-4-6-12(7-5-11)24(21,22)17-9-10(18)8-13(17)14(19)16-20/h4-7,10,13,18,20H,8-9H2,1-3H3,(H,16,19)/t10?,13-/m1/s1. The number of aliphatic hydroxyl groups excluding tert-OH is 1. The Kier molecular flexibility index (Phi) is 5.19. The Morgan fingerprint density at radius 1 is 1.29 bits per heavy atom. The number of carbonyl (C=O) groups excluding carboxylic acids is 1. The largest absolute Gasteiger partial charge is 0.488 e. The highest BCUT2D eigenvalue weighted by Crippen LogP contribution is 2.28. The van der Waals surface area contributed by atoms with Gasteiger partial charge in [0.2, 0.25) is 10.0 Å². The Morgan fingerprint density at radius 2 is 1.88 bits per heavy atom. The van der Waals surface area contributed by atoms with Gasteiger partial charge in [-0.1, -0.05) is 0 Å². The first-order chi connectivity index (χ1) is 11.0. The first-order valence-corrected chi connectivity index (χ1v) is 8.91. The Bertz CT molecular complexity index is 696. The maximum Gasteiger partial charge on any atom is 0.261 e. The Hall–Kier alpha value is -1.68. The van der Waals surface area contributed by atoms with E-state index >= 15 is 0 Å². The number of nitrogens with one attached hydrogen (secondary N) is 1. The second-order valence-electron chi connectivity index (χ2n) is 6.64. The van der Waals surface area contributed by atoms with E-state index in [-0.39, 0.29) is 17.9 Å². The van der Waals surface area contributed by atoms with Crippen LogP contribution in [0.1, 0.15) is 27.2 Å². The SMILES string of the molecule is CC(C)(C)Oc1ccc(S(=O)(=O)N2CC(O)C[C@@H]2C(=O)NO)cc1. The predicted octanol–water partition coefficient (Wildman–Crippen LogP) is 0.493. The van der Waals surface area contributed by atoms with Crippen molar-refractivity contribution in [1.29, 1.82) is 0 Å². The van der Waals surface area contributed by atoms with Crippen molar-refractivity contribution in [2.45, 2.75) is 49.8 Å². The van der Waals surface area contributed by atoms with E-state index in [1.807, 2.05) is 20.8 Å². The zero-order valence-electron chi connectivity index (χ0n) is 13.8. The molecule has 1 amide bonds. The number of hydrogen-bond acceptors (Lipinski definition) is 6. The zero-order valence-corrected chi connectivity index (χ0v) is 14.6. The predicted molar refractivity (Wildman–Crippen MR) is 85.1 cm³/mol. The fourth-order valence-corrected chi connectivity index (χ4v) is 4.17. The van der Waals surface area contributed by atoms with Crippen LogP contribution in [-0.2, 0) is 14.8 Å². The fraction of sp³-hybridized carbons (Fsp3) is 0.533. The molecule has 1 aliphatic rings. The van der Waals surface area contributed by atoms with E-state index in [0.29, 0.717) is 5.75 Å². The van der Waals surface area contributed by atoms with Crippen LogP contribution in [-0.4, -0.2) is 53.2 Å². The van der Waals surface area contributed by atoms with Gasteiger partial charge in [-0.3, -0.25) is 10.0 Å². The summed E-state index contributed by atoms with van der Waals surface area (Å²) in [6.45, 7) is 5.42. The van der Waals surface area contributed by atoms with Crippen molar-refractivity contribution in [2.24, 2.45) is 0 Å². The van der Waals surface area contributed by atoms with Gasteiger partial charge < -0.3 is 9.84 Å². The molecule has 0 saturated carbocycles. The van der Waals surface area contributed by atoms with Gasteiger partial charge >= 0.3 is 0 Å². The van der Waals surface area contributed by atoms with E-state index in [2.05, 4.69) is 0 Å². The Labute approximate surface area is 141 Å². The molecule has 9 heteroatoms. The van der Waals surface area contributed by atoms with E-state index in [0.717, 1.165) is 4.31 Å². The summed E-state index contributed by atoms with van der Waals surface area (Å²) < 4.78 is 32.0. The molecule has 0 aromatic heterocycles. The summed E-state index contributed by atoms with van der Waals surface area (Å²) in [4.78, 5) is 11.6. The van der Waals surface area contributed by atoms with Crippen LogP contribution >= 0.6 is 0 Å². The monoisotopic (exact) mass is 358 g/mol. The number of hydrogen-bond donors (Lipinski definition) is 3. The number of amides is 1. The summed E-state index contributed by atoms with van der Waals surface area (Å²) in [6.07, 6.45) is -1.04. The van der Waals surface area contributed by atoms with Crippen LogP contribution in [0.3, 0.4) is 0 Å². The normalized spacial score (nSPS) is 22.4. The number of sulfonamides is 1. The van der Waals surface area contributed by atoms with Crippen LogP contribution in [0.25, 0.3) is 0 Å². The van der Waals surface area contributed by atoms with E-state index in [1.165, 1.54) is 29.7 Å². The van der Waals surface area contributed by atoms with Crippen LogP contribution in [0.2, 0.25) is 0 Å². The van der Waals surface area contributed by atoms with Crippen molar-refractivity contribution in [3.05, 3.63) is 24.3 Å². The number of rotatable bonds is 4. The van der Waals surface area contributed by atoms with Gasteiger partial charge in [-0.25, -0.2) is 13.9 Å². The zero-order chi connectivity index (χ0) is 18.1. The lowest BCUT2D eigenvalue weighted by Gasteiger charge is -2.23. The maximum atomic E-state index is 12.7. The van der Waals surface area contributed by atoms with Crippen LogP contribution in [0.5, 0.6) is 5.75 Å². The topological polar surface area (TPSA) is 116 Å². The maximum absolute atomic E-state index is 12.7. The molecule has 2 rings (SSSR count). The molecule has 1 aromatic carbocycles. The Morgan fingerprint density at radius 3 is 2.38 bits per heavy atom. The molecular formula is C15H22N2O6S. The molecule has 3 N–H and O–H groups in total. The molecule has 1 aliphatic heterocycles. The van der Waals surface area contributed by atoms with Crippen LogP contribution in [0.4, 0.5) is 0 Å². The van der Waals surface area contributed by atoms with Crippen LogP contribution < -0.4 is 10.2 Å². The number of β-amino-alcohol motifs (C(OH)–C–C–N with tert-alkyl or cyclic N) is 1. The lowest BCUT2D eigenvalue weighted by Crippen LogP contribution is -2.45. The number of nitrogens with zero attached hydrogens (tertiary/aromatic N) is 1. The quantitative estimate of drug-likeness (QED) is 0.533. The molecule has 0 radical (unpaired) electrons. The molecule has 24 heavy (non-hydrogen) atoms. The summed E-state index contributed by atoms with van der Waals surface area (Å²) in [5.74, 6) is -0.352. The average Bonchev–Trinajstić information content (AvgIpc) is 2.88. The van der Waals surface area contributed by atoms with Gasteiger partial charge in [0.15, 0.2) is 0 Å². The molecule has 0 aliphatic carbocycles. The molecule has 1 heterocycles. The summed E-state index contributed by atoms with van der Waals surface area (Å²) in [5.41, 5.74) is 1.03. The van der Waals surface area contributed by atoms with Gasteiger partial charge in [0.25, 0.3) is 5.91 Å². The highest BCUT2D eigenvalue weighted by atomic mass is 32.2. The van der Waals surface area contributed by atoms with E-state index in [4.69, 9.17) is 9.94 Å². The molecule has 0 spiro atoms. The van der Waals surface area contributed by atoms with Crippen LogP contribution in [0.15, 0.2) is 29.2 Å². The Balaban J connectivity index is 2.27. The third kappa shape index (κ3) is 4.04. The molecule has 134 valence electrons. The smallest absolute Gasteiger partial charge is 0.261 e.